The molecule has 1 aromatic carbocycles. The van der Waals surface area contributed by atoms with E-state index in [9.17, 15) is 3.89 Å². The van der Waals surface area contributed by atoms with Crippen LogP contribution in [0, 0.1) is 6.92 Å². The molecule has 0 aliphatic heterocycles. The lowest BCUT2D eigenvalue weighted by Gasteiger charge is -2.08. The summed E-state index contributed by atoms with van der Waals surface area (Å²) in [5.41, 5.74) is 6.55. The normalized spacial score (nSPS) is 14.6. The van der Waals surface area contributed by atoms with Crippen LogP contribution in [0.5, 0.6) is 0 Å². The van der Waals surface area contributed by atoms with Crippen molar-refractivity contribution in [3.05, 3.63) is 71.0 Å². The van der Waals surface area contributed by atoms with Crippen LogP contribution in [0.2, 0.25) is 0 Å². The summed E-state index contributed by atoms with van der Waals surface area (Å²) in [5, 5.41) is 0. The maximum absolute atomic E-state index is 12.5. The van der Waals surface area contributed by atoms with Crippen LogP contribution in [0.1, 0.15) is 42.6 Å². The maximum atomic E-state index is 12.5. The van der Waals surface area contributed by atoms with E-state index in [1.54, 1.807) is 0 Å². The second kappa shape index (κ2) is 5.47. The van der Waals surface area contributed by atoms with Crippen molar-refractivity contribution < 1.29 is 5.31 Å². The highest BCUT2D eigenvalue weighted by molar-refractivity contribution is 7.94. The van der Waals surface area contributed by atoms with Crippen molar-refractivity contribution in [1.82, 2.24) is 4.40 Å². The van der Waals surface area contributed by atoms with Crippen molar-refractivity contribution >= 4 is 17.7 Å². The van der Waals surface area contributed by atoms with Crippen LogP contribution in [-0.4, -0.2) is 4.40 Å². The van der Waals surface area contributed by atoms with Gasteiger partial charge in [0.25, 0.3) is 0 Å². The third kappa shape index (κ3) is 2.66. The molecule has 2 heterocycles. The number of halogens is 1. The highest BCUT2D eigenvalue weighted by atomic mass is 32.2. The minimum atomic E-state index is 0. The Bertz CT molecular complexity index is 821. The Hall–Kier alpha value is -1.74. The smallest absolute Gasteiger partial charge is 0.0812 e. The summed E-state index contributed by atoms with van der Waals surface area (Å²) in [5.74, 6) is 0.772. The molecular weight excluding hydrogens is 293 g/mol. The largest absolute Gasteiger partial charge is 0.320 e. The molecule has 0 saturated heterocycles. The molecule has 114 valence electrons. The van der Waals surface area contributed by atoms with Gasteiger partial charge in [-0.1, -0.05) is 12.1 Å². The summed E-state index contributed by atoms with van der Waals surface area (Å²) >= 11 is 0.297. The molecule has 0 spiro atoms. The summed E-state index contributed by atoms with van der Waals surface area (Å²) in [6.45, 7) is 2.15. The van der Waals surface area contributed by atoms with Gasteiger partial charge in [0.1, 0.15) is 0 Å². The van der Waals surface area contributed by atoms with E-state index in [0.29, 0.717) is 17.0 Å². The summed E-state index contributed by atoms with van der Waals surface area (Å²) < 4.78 is 14.9. The molecule has 0 radical (unpaired) electrons. The van der Waals surface area contributed by atoms with E-state index in [4.69, 9.17) is 0 Å². The van der Waals surface area contributed by atoms with Crippen LogP contribution in [0.4, 0.5) is 3.89 Å². The first-order chi connectivity index (χ1) is 10.7. The Labute approximate surface area is 135 Å². The summed E-state index contributed by atoms with van der Waals surface area (Å²) in [7, 11) is 0. The second-order valence-corrected chi connectivity index (χ2v) is 6.89. The van der Waals surface area contributed by atoms with Gasteiger partial charge in [-0.05, 0) is 72.7 Å². The average Bonchev–Trinajstić information content (AvgIpc) is 3.28. The Kier molecular flexibility index (Phi) is 3.45. The molecule has 3 heteroatoms. The third-order valence-corrected chi connectivity index (χ3v) is 4.85. The molecule has 3 aromatic rings. The number of hydrogen-bond donors (Lipinski definition) is 0. The fourth-order valence-electron chi connectivity index (χ4n) is 3.11. The van der Waals surface area contributed by atoms with Crippen LogP contribution in [0.15, 0.2) is 53.6 Å². The number of fused-ring (bicyclic) bond motifs is 1. The van der Waals surface area contributed by atoms with E-state index < -0.39 is 0 Å². The van der Waals surface area contributed by atoms with Crippen LogP contribution in [0.25, 0.3) is 5.52 Å². The first-order valence-electron chi connectivity index (χ1n) is 7.72. The van der Waals surface area contributed by atoms with E-state index in [1.165, 1.54) is 40.7 Å². The SMILES string of the molecule is Cc1cc(Cc2ccc(SF)cc2)n2cc(C3CC3)cc2c1.[HH]. The van der Waals surface area contributed by atoms with Gasteiger partial charge < -0.3 is 4.40 Å². The average molecular weight is 313 g/mol. The zero-order valence-corrected chi connectivity index (χ0v) is 13.4. The van der Waals surface area contributed by atoms with E-state index in [2.05, 4.69) is 35.7 Å². The number of benzene rings is 1. The van der Waals surface area contributed by atoms with Gasteiger partial charge in [0.15, 0.2) is 0 Å². The molecule has 4 rings (SSSR count). The Morgan fingerprint density at radius 1 is 1.18 bits per heavy atom. The van der Waals surface area contributed by atoms with Gasteiger partial charge in [-0.15, -0.1) is 0 Å². The van der Waals surface area contributed by atoms with Crippen molar-refractivity contribution in [3.8, 4) is 0 Å². The van der Waals surface area contributed by atoms with Crippen molar-refractivity contribution in [3.63, 3.8) is 0 Å². The monoisotopic (exact) mass is 313 g/mol. The molecule has 0 atom stereocenters. The van der Waals surface area contributed by atoms with Crippen LogP contribution in [0.3, 0.4) is 0 Å². The molecule has 1 aliphatic carbocycles. The minimum Gasteiger partial charge on any atom is -0.320 e. The molecule has 22 heavy (non-hydrogen) atoms. The van der Waals surface area contributed by atoms with Crippen molar-refractivity contribution in [2.24, 2.45) is 0 Å². The van der Waals surface area contributed by atoms with Crippen molar-refractivity contribution in [2.75, 3.05) is 0 Å². The van der Waals surface area contributed by atoms with E-state index in [-0.39, 0.29) is 1.43 Å². The molecule has 0 unspecified atom stereocenters. The molecule has 1 fully saturated rings. The molecule has 1 saturated carbocycles. The first kappa shape index (κ1) is 13.9. The minimum absolute atomic E-state index is 0. The first-order valence-corrected chi connectivity index (χ1v) is 8.44. The number of nitrogens with zero attached hydrogens (tertiary/aromatic N) is 1. The lowest BCUT2D eigenvalue weighted by atomic mass is 10.1. The van der Waals surface area contributed by atoms with Gasteiger partial charge in [0, 0.05) is 30.2 Å². The quantitative estimate of drug-likeness (QED) is 0.577. The van der Waals surface area contributed by atoms with E-state index >= 15 is 0 Å². The number of aryl methyl sites for hydroxylation is 1. The zero-order valence-electron chi connectivity index (χ0n) is 12.6. The highest BCUT2D eigenvalue weighted by Crippen LogP contribution is 2.41. The summed E-state index contributed by atoms with van der Waals surface area (Å²) in [6.07, 6.45) is 5.82. The number of hydrogen-bond acceptors (Lipinski definition) is 1. The molecule has 2 aromatic heterocycles. The Balaban J connectivity index is 0.00000156. The topological polar surface area (TPSA) is 4.41 Å². The van der Waals surface area contributed by atoms with Gasteiger partial charge in [-0.25, -0.2) is 0 Å². The predicted octanol–water partition coefficient (Wildman–Crippen LogP) is 5.94. The van der Waals surface area contributed by atoms with E-state index in [1.807, 2.05) is 24.3 Å². The third-order valence-electron chi connectivity index (χ3n) is 4.40. The lowest BCUT2D eigenvalue weighted by Crippen LogP contribution is -1.98. The molecule has 0 N–H and O–H groups in total. The number of aromatic nitrogens is 1. The van der Waals surface area contributed by atoms with Gasteiger partial charge in [-0.2, -0.15) is 3.89 Å². The molecule has 1 aliphatic rings. The summed E-state index contributed by atoms with van der Waals surface area (Å²) in [6, 6.07) is 14.6. The van der Waals surface area contributed by atoms with Crippen molar-refractivity contribution in [1.29, 1.82) is 0 Å². The van der Waals surface area contributed by atoms with Crippen LogP contribution >= 0.6 is 12.1 Å². The molecular formula is C19H20FNS. The van der Waals surface area contributed by atoms with Gasteiger partial charge in [0.05, 0.1) is 12.1 Å². The van der Waals surface area contributed by atoms with Gasteiger partial charge in [-0.3, -0.25) is 0 Å². The van der Waals surface area contributed by atoms with Crippen molar-refractivity contribution in [2.45, 2.75) is 37.0 Å². The second-order valence-electron chi connectivity index (χ2n) is 6.26. The Morgan fingerprint density at radius 3 is 2.64 bits per heavy atom. The maximum Gasteiger partial charge on any atom is 0.0812 e. The van der Waals surface area contributed by atoms with Crippen LogP contribution in [-0.2, 0) is 6.42 Å². The number of rotatable bonds is 4. The highest BCUT2D eigenvalue weighted by Gasteiger charge is 2.24. The molecule has 0 bridgehead atoms. The van der Waals surface area contributed by atoms with Gasteiger partial charge >= 0.3 is 0 Å². The zero-order chi connectivity index (χ0) is 15.1. The number of pyridine rings is 1. The molecule has 0 amide bonds. The predicted molar refractivity (Wildman–Crippen MR) is 92.4 cm³/mol. The fraction of sp³-hybridized carbons (Fsp3) is 0.263. The fourth-order valence-corrected chi connectivity index (χ4v) is 3.35. The van der Waals surface area contributed by atoms with Gasteiger partial charge in [0.2, 0.25) is 0 Å². The lowest BCUT2D eigenvalue weighted by molar-refractivity contribution is 0.933. The van der Waals surface area contributed by atoms with Crippen LogP contribution < -0.4 is 0 Å². The molecule has 1 nitrogen and oxygen atoms in total. The standard InChI is InChI=1S/C19H18FNS.H2/c1-13-8-17(10-14-2-6-19(22-20)7-3-14)21-12-16(15-4-5-15)11-18(21)9-13;/h2-3,6-9,11-12,15H,4-5,10H2,1H3;1H. The van der Waals surface area contributed by atoms with E-state index in [0.717, 1.165) is 12.3 Å². The Morgan fingerprint density at radius 2 is 1.95 bits per heavy atom. The summed E-state index contributed by atoms with van der Waals surface area (Å²) in [4.78, 5) is 0.662.